The molecular formula is C18H18N4O5S. The summed E-state index contributed by atoms with van der Waals surface area (Å²) in [6.45, 7) is 0.999. The van der Waals surface area contributed by atoms with Crippen molar-refractivity contribution >= 4 is 38.3 Å². The molecular weight excluding hydrogens is 384 g/mol. The number of hydrogen-bond acceptors (Lipinski definition) is 6. The molecule has 0 unspecified atom stereocenters. The SMILES string of the molecule is CS(=O)(=O)Nc1ccc2c(NC(=O)Cc3ccc4c(c3)OCCO4)n[nH]c2c1. The minimum absolute atomic E-state index is 0.151. The number of rotatable bonds is 5. The first kappa shape index (κ1) is 18.1. The molecule has 4 rings (SSSR count). The lowest BCUT2D eigenvalue weighted by molar-refractivity contribution is -0.115. The summed E-state index contributed by atoms with van der Waals surface area (Å²) in [7, 11) is -3.37. The van der Waals surface area contributed by atoms with E-state index in [0.29, 0.717) is 47.1 Å². The molecule has 2 aromatic carbocycles. The second-order valence-corrected chi connectivity index (χ2v) is 8.16. The van der Waals surface area contributed by atoms with Crippen LogP contribution in [0.4, 0.5) is 11.5 Å². The Bertz CT molecular complexity index is 1160. The zero-order valence-corrected chi connectivity index (χ0v) is 15.8. The fourth-order valence-electron chi connectivity index (χ4n) is 2.95. The summed E-state index contributed by atoms with van der Waals surface area (Å²) >= 11 is 0. The molecule has 3 aromatic rings. The third-order valence-electron chi connectivity index (χ3n) is 4.10. The monoisotopic (exact) mass is 402 g/mol. The number of fused-ring (bicyclic) bond motifs is 2. The van der Waals surface area contributed by atoms with Gasteiger partial charge in [0.2, 0.25) is 15.9 Å². The molecule has 0 radical (unpaired) electrons. The lowest BCUT2D eigenvalue weighted by atomic mass is 10.1. The molecule has 0 atom stereocenters. The molecule has 0 aliphatic carbocycles. The highest BCUT2D eigenvalue weighted by Gasteiger charge is 2.15. The van der Waals surface area contributed by atoms with E-state index >= 15 is 0 Å². The Hall–Kier alpha value is -3.27. The second-order valence-electron chi connectivity index (χ2n) is 6.41. The first-order valence-corrected chi connectivity index (χ1v) is 10.4. The molecule has 1 amide bonds. The predicted molar refractivity (Wildman–Crippen MR) is 104 cm³/mol. The van der Waals surface area contributed by atoms with Crippen LogP contribution < -0.4 is 19.5 Å². The van der Waals surface area contributed by atoms with Crippen molar-refractivity contribution in [3.8, 4) is 11.5 Å². The number of amides is 1. The zero-order chi connectivity index (χ0) is 19.7. The van der Waals surface area contributed by atoms with E-state index in [4.69, 9.17) is 9.47 Å². The Kier molecular flexibility index (Phi) is 4.55. The molecule has 10 heteroatoms. The Balaban J connectivity index is 1.48. The van der Waals surface area contributed by atoms with Gasteiger partial charge in [-0.25, -0.2) is 8.42 Å². The van der Waals surface area contributed by atoms with Gasteiger partial charge in [-0.05, 0) is 35.9 Å². The highest BCUT2D eigenvalue weighted by molar-refractivity contribution is 7.92. The lowest BCUT2D eigenvalue weighted by Gasteiger charge is -2.18. The van der Waals surface area contributed by atoms with Crippen molar-refractivity contribution < 1.29 is 22.7 Å². The van der Waals surface area contributed by atoms with Crippen LogP contribution in [0.2, 0.25) is 0 Å². The van der Waals surface area contributed by atoms with Gasteiger partial charge in [0, 0.05) is 5.39 Å². The number of nitrogens with zero attached hydrogens (tertiary/aromatic N) is 1. The van der Waals surface area contributed by atoms with E-state index in [-0.39, 0.29) is 12.3 Å². The first-order valence-electron chi connectivity index (χ1n) is 8.52. The van der Waals surface area contributed by atoms with Crippen LogP contribution in [0.1, 0.15) is 5.56 Å². The van der Waals surface area contributed by atoms with Crippen LogP contribution in [0.3, 0.4) is 0 Å². The molecule has 9 nitrogen and oxygen atoms in total. The van der Waals surface area contributed by atoms with Crippen molar-refractivity contribution in [2.75, 3.05) is 29.5 Å². The molecule has 0 fully saturated rings. The van der Waals surface area contributed by atoms with E-state index in [0.717, 1.165) is 11.8 Å². The summed E-state index contributed by atoms with van der Waals surface area (Å²) in [5.41, 5.74) is 1.80. The maximum Gasteiger partial charge on any atom is 0.230 e. The number of nitrogens with one attached hydrogen (secondary N) is 3. The Morgan fingerprint density at radius 3 is 2.71 bits per heavy atom. The maximum absolute atomic E-state index is 12.4. The Labute approximate surface area is 161 Å². The maximum atomic E-state index is 12.4. The summed E-state index contributed by atoms with van der Waals surface area (Å²) in [5, 5.41) is 10.3. The van der Waals surface area contributed by atoms with Gasteiger partial charge >= 0.3 is 0 Å². The van der Waals surface area contributed by atoms with Crippen LogP contribution >= 0.6 is 0 Å². The van der Waals surface area contributed by atoms with Gasteiger partial charge in [-0.3, -0.25) is 14.6 Å². The number of H-pyrrole nitrogens is 1. The van der Waals surface area contributed by atoms with Crippen molar-refractivity contribution in [1.29, 1.82) is 0 Å². The molecule has 28 heavy (non-hydrogen) atoms. The quantitative estimate of drug-likeness (QED) is 0.599. The second kappa shape index (κ2) is 7.04. The normalized spacial score (nSPS) is 13.3. The summed E-state index contributed by atoms with van der Waals surface area (Å²) < 4.78 is 36.1. The van der Waals surface area contributed by atoms with Crippen molar-refractivity contribution in [1.82, 2.24) is 10.2 Å². The van der Waals surface area contributed by atoms with Gasteiger partial charge in [-0.15, -0.1) is 0 Å². The molecule has 0 spiro atoms. The summed E-state index contributed by atoms with van der Waals surface area (Å²) in [6, 6.07) is 10.3. The molecule has 1 aliphatic rings. The van der Waals surface area contributed by atoms with Crippen LogP contribution in [-0.4, -0.2) is 44.0 Å². The number of carbonyl (C=O) groups is 1. The van der Waals surface area contributed by atoms with Gasteiger partial charge < -0.3 is 14.8 Å². The number of aromatic nitrogens is 2. The van der Waals surface area contributed by atoms with Gasteiger partial charge in [0.15, 0.2) is 17.3 Å². The third-order valence-corrected chi connectivity index (χ3v) is 4.70. The van der Waals surface area contributed by atoms with E-state index in [1.54, 1.807) is 30.3 Å². The first-order chi connectivity index (χ1) is 13.4. The van der Waals surface area contributed by atoms with Crippen molar-refractivity contribution in [2.24, 2.45) is 0 Å². The molecule has 0 bridgehead atoms. The number of benzene rings is 2. The molecule has 3 N–H and O–H groups in total. The summed E-state index contributed by atoms with van der Waals surface area (Å²) in [6.07, 6.45) is 1.23. The minimum atomic E-state index is -3.37. The van der Waals surface area contributed by atoms with E-state index in [9.17, 15) is 13.2 Å². The fraction of sp³-hybridized carbons (Fsp3) is 0.222. The standard InChI is InChI=1S/C18H18N4O5S/c1-28(24,25)22-12-3-4-13-14(10-12)20-21-18(13)19-17(23)9-11-2-5-15-16(8-11)27-7-6-26-15/h2-5,8,10,22H,6-7,9H2,1H3,(H2,19,20,21,23). The van der Waals surface area contributed by atoms with Gasteiger partial charge in [-0.2, -0.15) is 5.10 Å². The highest BCUT2D eigenvalue weighted by Crippen LogP contribution is 2.31. The summed E-state index contributed by atoms with van der Waals surface area (Å²) in [5.74, 6) is 1.45. The number of hydrogen-bond donors (Lipinski definition) is 3. The molecule has 1 aliphatic heterocycles. The van der Waals surface area contributed by atoms with Crippen molar-refractivity contribution in [3.63, 3.8) is 0 Å². The van der Waals surface area contributed by atoms with E-state index < -0.39 is 10.0 Å². The molecule has 146 valence electrons. The zero-order valence-electron chi connectivity index (χ0n) is 15.0. The minimum Gasteiger partial charge on any atom is -0.486 e. The highest BCUT2D eigenvalue weighted by atomic mass is 32.2. The van der Waals surface area contributed by atoms with Crippen molar-refractivity contribution in [2.45, 2.75) is 6.42 Å². The van der Waals surface area contributed by atoms with Gasteiger partial charge in [0.05, 0.1) is 23.9 Å². The number of sulfonamides is 1. The van der Waals surface area contributed by atoms with Crippen LogP contribution in [0.25, 0.3) is 10.9 Å². The topological polar surface area (TPSA) is 122 Å². The Morgan fingerprint density at radius 2 is 1.93 bits per heavy atom. The summed E-state index contributed by atoms with van der Waals surface area (Å²) in [4.78, 5) is 12.4. The molecule has 0 saturated carbocycles. The largest absolute Gasteiger partial charge is 0.486 e. The van der Waals surface area contributed by atoms with Crippen LogP contribution in [0.5, 0.6) is 11.5 Å². The van der Waals surface area contributed by atoms with E-state index in [1.807, 2.05) is 6.07 Å². The smallest absolute Gasteiger partial charge is 0.230 e. The van der Waals surface area contributed by atoms with Gasteiger partial charge in [-0.1, -0.05) is 6.07 Å². The van der Waals surface area contributed by atoms with E-state index in [1.165, 1.54) is 0 Å². The van der Waals surface area contributed by atoms with E-state index in [2.05, 4.69) is 20.2 Å². The van der Waals surface area contributed by atoms with Gasteiger partial charge in [0.25, 0.3) is 0 Å². The molecule has 2 heterocycles. The average molecular weight is 402 g/mol. The fourth-order valence-corrected chi connectivity index (χ4v) is 3.51. The van der Waals surface area contributed by atoms with Crippen LogP contribution in [0, 0.1) is 0 Å². The third kappa shape index (κ3) is 4.01. The molecule has 0 saturated heterocycles. The molecule has 1 aromatic heterocycles. The Morgan fingerprint density at radius 1 is 1.14 bits per heavy atom. The average Bonchev–Trinajstić information content (AvgIpc) is 3.02. The number of aromatic amines is 1. The number of ether oxygens (including phenoxy) is 2. The van der Waals surface area contributed by atoms with Crippen molar-refractivity contribution in [3.05, 3.63) is 42.0 Å². The van der Waals surface area contributed by atoms with Crippen LogP contribution in [-0.2, 0) is 21.2 Å². The predicted octanol–water partition coefficient (Wildman–Crippen LogP) is 1.89. The van der Waals surface area contributed by atoms with Crippen LogP contribution in [0.15, 0.2) is 36.4 Å². The number of carbonyl (C=O) groups excluding carboxylic acids is 1. The number of anilines is 2. The lowest BCUT2D eigenvalue weighted by Crippen LogP contribution is -2.17. The van der Waals surface area contributed by atoms with Gasteiger partial charge in [0.1, 0.15) is 13.2 Å².